The van der Waals surface area contributed by atoms with E-state index in [4.69, 9.17) is 0 Å². The molecule has 0 saturated carbocycles. The van der Waals surface area contributed by atoms with E-state index < -0.39 is 17.4 Å². The third-order valence-electron chi connectivity index (χ3n) is 3.37. The molecule has 0 aliphatic carbocycles. The van der Waals surface area contributed by atoms with Gasteiger partial charge in [0.05, 0.1) is 23.1 Å². The Morgan fingerprint density at radius 3 is 2.55 bits per heavy atom. The molecule has 114 valence electrons. The van der Waals surface area contributed by atoms with Crippen molar-refractivity contribution in [2.24, 2.45) is 0 Å². The normalized spacial score (nSPS) is 12.0. The number of aromatic amines is 1. The number of imidazole rings is 1. The molecule has 0 saturated heterocycles. The molecule has 0 fully saturated rings. The molecule has 3 aromatic rings. The van der Waals surface area contributed by atoms with E-state index in [1.807, 2.05) is 0 Å². The third kappa shape index (κ3) is 2.45. The van der Waals surface area contributed by atoms with Crippen molar-refractivity contribution < 1.29 is 18.3 Å². The van der Waals surface area contributed by atoms with Crippen molar-refractivity contribution in [3.05, 3.63) is 64.1 Å². The van der Waals surface area contributed by atoms with Gasteiger partial charge in [-0.2, -0.15) is 13.2 Å². The minimum Gasteiger partial charge on any atom is -0.508 e. The Labute approximate surface area is 122 Å². The summed E-state index contributed by atoms with van der Waals surface area (Å²) in [6.45, 7) is 0.0640. The Bertz CT molecular complexity index is 894. The highest BCUT2D eigenvalue weighted by Crippen LogP contribution is 2.33. The van der Waals surface area contributed by atoms with Gasteiger partial charge < -0.3 is 10.1 Å². The summed E-state index contributed by atoms with van der Waals surface area (Å²) in [6, 6.07) is 9.85. The van der Waals surface area contributed by atoms with E-state index >= 15 is 0 Å². The zero-order valence-electron chi connectivity index (χ0n) is 11.2. The summed E-state index contributed by atoms with van der Waals surface area (Å²) < 4.78 is 40.1. The second-order valence-corrected chi connectivity index (χ2v) is 4.88. The summed E-state index contributed by atoms with van der Waals surface area (Å²) >= 11 is 0. The second-order valence-electron chi connectivity index (χ2n) is 4.88. The van der Waals surface area contributed by atoms with Crippen LogP contribution in [0.5, 0.6) is 5.75 Å². The Balaban J connectivity index is 2.15. The lowest BCUT2D eigenvalue weighted by molar-refractivity contribution is -0.136. The first kappa shape index (κ1) is 14.2. The maximum atomic E-state index is 13.0. The van der Waals surface area contributed by atoms with Gasteiger partial charge in [0.2, 0.25) is 0 Å². The van der Waals surface area contributed by atoms with E-state index in [1.54, 1.807) is 12.1 Å². The number of rotatable bonds is 2. The molecule has 0 spiro atoms. The molecular weight excluding hydrogens is 297 g/mol. The Kier molecular flexibility index (Phi) is 3.20. The number of benzene rings is 2. The van der Waals surface area contributed by atoms with Crippen molar-refractivity contribution in [2.75, 3.05) is 0 Å². The Morgan fingerprint density at radius 1 is 1.14 bits per heavy atom. The van der Waals surface area contributed by atoms with Gasteiger partial charge in [-0.25, -0.2) is 4.79 Å². The lowest BCUT2D eigenvalue weighted by Gasteiger charge is -2.08. The number of H-pyrrole nitrogens is 1. The number of fused-ring (bicyclic) bond motifs is 1. The Morgan fingerprint density at radius 2 is 1.86 bits per heavy atom. The lowest BCUT2D eigenvalue weighted by Crippen LogP contribution is -2.17. The third-order valence-corrected chi connectivity index (χ3v) is 3.37. The zero-order valence-corrected chi connectivity index (χ0v) is 11.2. The van der Waals surface area contributed by atoms with E-state index in [9.17, 15) is 23.1 Å². The number of para-hydroxylation sites is 1. The Hall–Kier alpha value is -2.70. The predicted molar refractivity (Wildman–Crippen MR) is 74.8 cm³/mol. The molecule has 0 amide bonds. The molecule has 0 aliphatic heterocycles. The number of hydrogen-bond acceptors (Lipinski definition) is 2. The van der Waals surface area contributed by atoms with Gasteiger partial charge in [0.1, 0.15) is 5.75 Å². The van der Waals surface area contributed by atoms with Gasteiger partial charge >= 0.3 is 11.9 Å². The van der Waals surface area contributed by atoms with Crippen LogP contribution in [0.3, 0.4) is 0 Å². The van der Waals surface area contributed by atoms with E-state index in [2.05, 4.69) is 4.98 Å². The van der Waals surface area contributed by atoms with Crippen LogP contribution in [0.4, 0.5) is 13.2 Å². The first-order valence-electron chi connectivity index (χ1n) is 6.43. The molecule has 2 N–H and O–H groups in total. The standard InChI is InChI=1S/C15H11F3N2O2/c16-15(17,18)11-5-2-6-12-13(11)19-14(22)20(12)8-9-3-1-4-10(21)7-9/h1-7,21H,8H2,(H,19,22). The number of halogens is 3. The fourth-order valence-electron chi connectivity index (χ4n) is 2.41. The van der Waals surface area contributed by atoms with Crippen LogP contribution in [0.25, 0.3) is 11.0 Å². The number of phenols is 1. The lowest BCUT2D eigenvalue weighted by atomic mass is 10.1. The average Bonchev–Trinajstić information content (AvgIpc) is 2.74. The van der Waals surface area contributed by atoms with Crippen molar-refractivity contribution >= 4 is 11.0 Å². The number of nitrogens with zero attached hydrogens (tertiary/aromatic N) is 1. The summed E-state index contributed by atoms with van der Waals surface area (Å²) in [5, 5.41) is 9.43. The van der Waals surface area contributed by atoms with Crippen LogP contribution in [0.2, 0.25) is 0 Å². The van der Waals surface area contributed by atoms with E-state index in [0.29, 0.717) is 5.56 Å². The van der Waals surface area contributed by atoms with Gasteiger partial charge in [-0.1, -0.05) is 18.2 Å². The van der Waals surface area contributed by atoms with Gasteiger partial charge in [0, 0.05) is 0 Å². The fourth-order valence-corrected chi connectivity index (χ4v) is 2.41. The first-order chi connectivity index (χ1) is 10.4. The molecule has 2 aromatic carbocycles. The second kappa shape index (κ2) is 4.94. The van der Waals surface area contributed by atoms with E-state index in [0.717, 1.165) is 6.07 Å². The number of phenolic OH excluding ortho intramolecular Hbond substituents is 1. The largest absolute Gasteiger partial charge is 0.508 e. The minimum atomic E-state index is -4.54. The van der Waals surface area contributed by atoms with Crippen molar-refractivity contribution in [3.63, 3.8) is 0 Å². The van der Waals surface area contributed by atoms with Crippen molar-refractivity contribution in [2.45, 2.75) is 12.7 Å². The predicted octanol–water partition coefficient (Wildman–Crippen LogP) is 3.10. The number of alkyl halides is 3. The molecule has 22 heavy (non-hydrogen) atoms. The number of aromatic hydroxyl groups is 1. The fraction of sp³-hybridized carbons (Fsp3) is 0.133. The first-order valence-corrected chi connectivity index (χ1v) is 6.43. The highest BCUT2D eigenvalue weighted by molar-refractivity contribution is 5.79. The molecular formula is C15H11F3N2O2. The van der Waals surface area contributed by atoms with Crippen molar-refractivity contribution in [3.8, 4) is 5.75 Å². The molecule has 0 bridgehead atoms. The van der Waals surface area contributed by atoms with Gasteiger partial charge in [-0.15, -0.1) is 0 Å². The summed E-state index contributed by atoms with van der Waals surface area (Å²) in [5.74, 6) is 0.0290. The summed E-state index contributed by atoms with van der Waals surface area (Å²) in [5.41, 5.74) is -0.962. The van der Waals surface area contributed by atoms with Gasteiger partial charge in [-0.3, -0.25) is 4.57 Å². The topological polar surface area (TPSA) is 58.0 Å². The van der Waals surface area contributed by atoms with Crippen LogP contribution in [-0.2, 0) is 12.7 Å². The molecule has 1 aromatic heterocycles. The maximum absolute atomic E-state index is 13.0. The number of nitrogens with one attached hydrogen (secondary N) is 1. The quantitative estimate of drug-likeness (QED) is 0.764. The maximum Gasteiger partial charge on any atom is 0.418 e. The highest BCUT2D eigenvalue weighted by atomic mass is 19.4. The van der Waals surface area contributed by atoms with Crippen LogP contribution in [-0.4, -0.2) is 14.7 Å². The van der Waals surface area contributed by atoms with Crippen LogP contribution in [0.15, 0.2) is 47.3 Å². The van der Waals surface area contributed by atoms with Crippen LogP contribution in [0, 0.1) is 0 Å². The molecule has 0 aliphatic rings. The van der Waals surface area contributed by atoms with Crippen molar-refractivity contribution in [1.82, 2.24) is 9.55 Å². The molecule has 4 nitrogen and oxygen atoms in total. The summed E-state index contributed by atoms with van der Waals surface area (Å²) in [7, 11) is 0. The zero-order chi connectivity index (χ0) is 15.9. The number of aromatic nitrogens is 2. The smallest absolute Gasteiger partial charge is 0.418 e. The molecule has 0 unspecified atom stereocenters. The van der Waals surface area contributed by atoms with Gasteiger partial charge in [0.15, 0.2) is 0 Å². The van der Waals surface area contributed by atoms with Crippen LogP contribution in [0.1, 0.15) is 11.1 Å². The van der Waals surface area contributed by atoms with Gasteiger partial charge in [0.25, 0.3) is 0 Å². The van der Waals surface area contributed by atoms with Crippen molar-refractivity contribution in [1.29, 1.82) is 0 Å². The summed E-state index contributed by atoms with van der Waals surface area (Å²) in [4.78, 5) is 14.2. The summed E-state index contributed by atoms with van der Waals surface area (Å²) in [6.07, 6.45) is -4.54. The monoisotopic (exact) mass is 308 g/mol. The molecule has 0 radical (unpaired) electrons. The molecule has 7 heteroatoms. The number of hydrogen-bond donors (Lipinski definition) is 2. The molecule has 1 heterocycles. The van der Waals surface area contributed by atoms with Crippen LogP contribution >= 0.6 is 0 Å². The van der Waals surface area contributed by atoms with E-state index in [1.165, 1.54) is 28.8 Å². The van der Waals surface area contributed by atoms with E-state index in [-0.39, 0.29) is 23.3 Å². The average molecular weight is 308 g/mol. The highest BCUT2D eigenvalue weighted by Gasteiger charge is 2.33. The SMILES string of the molecule is O=c1[nH]c2c(C(F)(F)F)cccc2n1Cc1cccc(O)c1. The molecule has 3 rings (SSSR count). The van der Waals surface area contributed by atoms with Gasteiger partial charge in [-0.05, 0) is 29.8 Å². The van der Waals surface area contributed by atoms with Crippen LogP contribution < -0.4 is 5.69 Å². The molecule has 0 atom stereocenters. The minimum absolute atomic E-state index is 0.0290.